The first-order chi connectivity index (χ1) is 20.7. The molecule has 0 atom stereocenters. The van der Waals surface area contributed by atoms with Crippen molar-refractivity contribution in [2.45, 2.75) is 39.1 Å². The lowest BCUT2D eigenvalue weighted by molar-refractivity contribution is -0.134. The summed E-state index contributed by atoms with van der Waals surface area (Å²) in [4.78, 5) is 39.7. The normalized spacial score (nSPS) is 11.9. The molecule has 0 saturated carbocycles. The number of rotatable bonds is 13. The van der Waals surface area contributed by atoms with E-state index in [0.717, 1.165) is 37.8 Å². The summed E-state index contributed by atoms with van der Waals surface area (Å²) in [7, 11) is 2.16. The van der Waals surface area contributed by atoms with Crippen molar-refractivity contribution in [3.63, 3.8) is 0 Å². The number of halogens is 1. The van der Waals surface area contributed by atoms with E-state index in [0.29, 0.717) is 22.9 Å². The number of carboxylic acids is 1. The molecule has 0 spiro atoms. The van der Waals surface area contributed by atoms with Gasteiger partial charge in [-0.1, -0.05) is 73.1 Å². The Kier molecular flexibility index (Phi) is 17.7. The molecule has 43 heavy (non-hydrogen) atoms. The fourth-order valence-electron chi connectivity index (χ4n) is 3.63. The molecule has 3 aromatic rings. The molecule has 230 valence electrons. The molecule has 1 amide bonds. The maximum Gasteiger partial charge on any atom is 0.300 e. The summed E-state index contributed by atoms with van der Waals surface area (Å²) in [6.45, 7) is 5.23. The summed E-state index contributed by atoms with van der Waals surface area (Å²) in [6.07, 6.45) is 10.1. The van der Waals surface area contributed by atoms with Gasteiger partial charge < -0.3 is 10.4 Å². The quantitative estimate of drug-likeness (QED) is 0.190. The summed E-state index contributed by atoms with van der Waals surface area (Å²) in [5, 5.41) is 11.7. The Morgan fingerprint density at radius 2 is 1.88 bits per heavy atom. The number of nitrogens with zero attached hydrogens (tertiary/aromatic N) is 2. The molecule has 0 radical (unpaired) electrons. The van der Waals surface area contributed by atoms with Gasteiger partial charge in [0.2, 0.25) is 6.41 Å². The van der Waals surface area contributed by atoms with Crippen LogP contribution in [0.3, 0.4) is 0 Å². The Bertz CT molecular complexity index is 1360. The number of carboxylic acid groups (broad SMARTS) is 1. The third-order valence-electron chi connectivity index (χ3n) is 5.63. The van der Waals surface area contributed by atoms with Crippen molar-refractivity contribution in [3.8, 4) is 0 Å². The van der Waals surface area contributed by atoms with Crippen molar-refractivity contribution >= 4 is 69.5 Å². The fourth-order valence-corrected chi connectivity index (χ4v) is 6.62. The van der Waals surface area contributed by atoms with Gasteiger partial charge in [0.05, 0.1) is 18.8 Å². The number of thiazole rings is 1. The lowest BCUT2D eigenvalue weighted by atomic mass is 10.1. The number of benzene rings is 2. The van der Waals surface area contributed by atoms with Gasteiger partial charge in [-0.15, -0.1) is 34.9 Å². The first kappa shape index (κ1) is 36.3. The summed E-state index contributed by atoms with van der Waals surface area (Å²) < 4.78 is 0. The number of carbonyl (C=O) groups excluding carboxylic acids is 2. The number of Topliss-reactive ketones (excluding diaryl/α,β-unsaturated/α-hetero) is 1. The maximum absolute atomic E-state index is 11.2. The highest BCUT2D eigenvalue weighted by molar-refractivity contribution is 8.08. The van der Waals surface area contributed by atoms with Crippen LogP contribution in [0.1, 0.15) is 40.4 Å². The molecule has 1 aromatic heterocycles. The van der Waals surface area contributed by atoms with Gasteiger partial charge in [-0.2, -0.15) is 0 Å². The Balaban J connectivity index is 0.000000282. The molecule has 1 aliphatic rings. The van der Waals surface area contributed by atoms with E-state index in [1.165, 1.54) is 37.7 Å². The van der Waals surface area contributed by atoms with Crippen LogP contribution in [0.25, 0.3) is 4.91 Å². The van der Waals surface area contributed by atoms with Gasteiger partial charge in [0.1, 0.15) is 5.01 Å². The summed E-state index contributed by atoms with van der Waals surface area (Å²) in [5.41, 5.74) is 3.68. The van der Waals surface area contributed by atoms with E-state index in [2.05, 4.69) is 71.7 Å². The Morgan fingerprint density at radius 3 is 2.49 bits per heavy atom. The second kappa shape index (κ2) is 20.9. The summed E-state index contributed by atoms with van der Waals surface area (Å²) >= 11 is 11.2. The lowest BCUT2D eigenvalue weighted by Gasteiger charge is -2.16. The van der Waals surface area contributed by atoms with Gasteiger partial charge in [-0.3, -0.25) is 19.3 Å². The molecular formula is C32H38ClN3O4S3. The van der Waals surface area contributed by atoms with Crippen molar-refractivity contribution in [3.05, 3.63) is 105 Å². The number of amides is 1. The van der Waals surface area contributed by atoms with Gasteiger partial charge in [0.15, 0.2) is 5.78 Å². The van der Waals surface area contributed by atoms with Crippen LogP contribution in [0, 0.1) is 0 Å². The SMILES string of the molecule is CC(=O)O.CCc1cnc(CN(C)Cc2ccc(C3=CC=CCS3)cc2)s1.O=CNCC(=O)CSCc1ccccc1Cl. The van der Waals surface area contributed by atoms with E-state index in [1.807, 2.05) is 53.6 Å². The highest BCUT2D eigenvalue weighted by Gasteiger charge is 2.08. The molecule has 0 saturated heterocycles. The number of allylic oxidation sites excluding steroid dienone is 2. The minimum absolute atomic E-state index is 0.00385. The number of carbonyl (C=O) groups is 3. The second-order valence-corrected chi connectivity index (χ2v) is 13.0. The van der Waals surface area contributed by atoms with E-state index < -0.39 is 5.97 Å². The molecule has 2 N–H and O–H groups in total. The van der Waals surface area contributed by atoms with Gasteiger partial charge >= 0.3 is 0 Å². The molecule has 11 heteroatoms. The summed E-state index contributed by atoms with van der Waals surface area (Å²) in [5.74, 6) is 1.33. The lowest BCUT2D eigenvalue weighted by Crippen LogP contribution is -2.22. The van der Waals surface area contributed by atoms with Crippen molar-refractivity contribution in [2.24, 2.45) is 0 Å². The van der Waals surface area contributed by atoms with Crippen LogP contribution >= 0.6 is 46.5 Å². The number of hydrogen-bond acceptors (Lipinski definition) is 8. The van der Waals surface area contributed by atoms with Crippen LogP contribution < -0.4 is 5.32 Å². The minimum Gasteiger partial charge on any atom is -0.481 e. The van der Waals surface area contributed by atoms with Crippen molar-refractivity contribution < 1.29 is 19.5 Å². The Morgan fingerprint density at radius 1 is 1.16 bits per heavy atom. The Hall–Kier alpha value is -2.89. The number of thioether (sulfide) groups is 2. The van der Waals surface area contributed by atoms with Crippen LogP contribution in [-0.2, 0) is 39.6 Å². The molecular weight excluding hydrogens is 622 g/mol. The second-order valence-electron chi connectivity index (χ2n) is 9.35. The van der Waals surface area contributed by atoms with Crippen LogP contribution in [0.5, 0.6) is 0 Å². The Labute approximate surface area is 271 Å². The number of aromatic nitrogens is 1. The van der Waals surface area contributed by atoms with Gasteiger partial charge in [-0.05, 0) is 42.3 Å². The largest absolute Gasteiger partial charge is 0.481 e. The third kappa shape index (κ3) is 15.4. The average molecular weight is 660 g/mol. The van der Waals surface area contributed by atoms with Crippen LogP contribution in [0.2, 0.25) is 5.02 Å². The fraction of sp³-hybridized carbons (Fsp3) is 0.312. The van der Waals surface area contributed by atoms with Gasteiger partial charge in [0.25, 0.3) is 5.97 Å². The van der Waals surface area contributed by atoms with E-state index in [1.54, 1.807) is 0 Å². The monoisotopic (exact) mass is 659 g/mol. The average Bonchev–Trinajstić information content (AvgIpc) is 3.45. The first-order valence-electron chi connectivity index (χ1n) is 13.6. The molecule has 0 bridgehead atoms. The standard InChI is InChI=1S/C19H22N2S2.C11H12ClNO2S.C2H4O2/c1-3-17-12-20-19(23-17)14-21(2)13-15-7-9-16(10-8-15)18-6-4-5-11-22-18;12-11-4-2-1-3-9(11)6-16-7-10(15)5-13-8-14;1-2(3)4/h4-10,12H,3,11,13-14H2,1-2H3;1-4,8H,5-7H2,(H,13,14);1H3,(H,3,4). The smallest absolute Gasteiger partial charge is 0.300 e. The number of ketones is 1. The number of aliphatic carboxylic acids is 1. The molecule has 0 unspecified atom stereocenters. The molecule has 0 aliphatic carbocycles. The zero-order valence-electron chi connectivity index (χ0n) is 24.6. The minimum atomic E-state index is -0.833. The number of nitrogens with one attached hydrogen (secondary N) is 1. The number of aryl methyl sites for hydroxylation is 1. The predicted molar refractivity (Wildman–Crippen MR) is 183 cm³/mol. The van der Waals surface area contributed by atoms with Crippen molar-refractivity contribution in [1.29, 1.82) is 0 Å². The highest BCUT2D eigenvalue weighted by Crippen LogP contribution is 2.30. The molecule has 4 rings (SSSR count). The van der Waals surface area contributed by atoms with Crippen molar-refractivity contribution in [1.82, 2.24) is 15.2 Å². The third-order valence-corrected chi connectivity index (χ3v) is 9.20. The molecule has 2 heterocycles. The predicted octanol–water partition coefficient (Wildman–Crippen LogP) is 6.96. The number of hydrogen-bond donors (Lipinski definition) is 2. The maximum atomic E-state index is 11.2. The molecule has 7 nitrogen and oxygen atoms in total. The molecule has 1 aliphatic heterocycles. The molecule has 0 fully saturated rings. The van der Waals surface area contributed by atoms with Crippen LogP contribution in [-0.4, -0.2) is 58.3 Å². The topological polar surface area (TPSA) is 99.6 Å². The van der Waals surface area contributed by atoms with E-state index in [-0.39, 0.29) is 12.3 Å². The van der Waals surface area contributed by atoms with E-state index in [9.17, 15) is 9.59 Å². The molecule has 2 aromatic carbocycles. The zero-order chi connectivity index (χ0) is 31.5. The van der Waals surface area contributed by atoms with Gasteiger partial charge in [-0.25, -0.2) is 4.98 Å². The van der Waals surface area contributed by atoms with Crippen LogP contribution in [0.15, 0.2) is 73.0 Å². The zero-order valence-corrected chi connectivity index (χ0v) is 27.8. The van der Waals surface area contributed by atoms with Crippen LogP contribution in [0.4, 0.5) is 0 Å². The van der Waals surface area contributed by atoms with E-state index in [4.69, 9.17) is 21.5 Å². The highest BCUT2D eigenvalue weighted by atomic mass is 35.5. The first-order valence-corrected chi connectivity index (χ1v) is 17.0. The van der Waals surface area contributed by atoms with Gasteiger partial charge in [0, 0.05) is 46.0 Å². The van der Waals surface area contributed by atoms with Crippen molar-refractivity contribution in [2.75, 3.05) is 25.1 Å². The summed E-state index contributed by atoms with van der Waals surface area (Å²) in [6, 6.07) is 16.5. The van der Waals surface area contributed by atoms with E-state index >= 15 is 0 Å².